The molecule has 2 unspecified atom stereocenters. The third kappa shape index (κ3) is 3.57. The lowest BCUT2D eigenvalue weighted by molar-refractivity contribution is 0.0792. The molecular weight excluding hydrogens is 326 g/mol. The highest BCUT2D eigenvalue weighted by Gasteiger charge is 2.37. The van der Waals surface area contributed by atoms with Crippen LogP contribution in [0.15, 0.2) is 24.3 Å². The van der Waals surface area contributed by atoms with Gasteiger partial charge in [0.15, 0.2) is 0 Å². The van der Waals surface area contributed by atoms with Crippen LogP contribution in [-0.2, 0) is 6.54 Å². The predicted molar refractivity (Wildman–Crippen MR) is 101 cm³/mol. The van der Waals surface area contributed by atoms with Gasteiger partial charge in [0, 0.05) is 37.8 Å². The van der Waals surface area contributed by atoms with Crippen molar-refractivity contribution in [3.8, 4) is 0 Å². The van der Waals surface area contributed by atoms with Crippen molar-refractivity contribution in [2.75, 3.05) is 19.6 Å². The zero-order valence-electron chi connectivity index (χ0n) is 15.5. The highest BCUT2D eigenvalue weighted by Crippen LogP contribution is 2.36. The van der Waals surface area contributed by atoms with Crippen LogP contribution in [0.1, 0.15) is 60.9 Å². The van der Waals surface area contributed by atoms with E-state index in [9.17, 15) is 9.59 Å². The Labute approximate surface area is 155 Å². The van der Waals surface area contributed by atoms with Crippen LogP contribution in [-0.4, -0.2) is 47.4 Å². The number of hydrogen-bond acceptors (Lipinski definition) is 2. The number of amides is 3. The van der Waals surface area contributed by atoms with Gasteiger partial charge in [0.25, 0.3) is 5.91 Å². The molecule has 3 aliphatic rings. The molecule has 5 nitrogen and oxygen atoms in total. The molecule has 1 saturated carbocycles. The number of rotatable bonds is 3. The van der Waals surface area contributed by atoms with Gasteiger partial charge in [0.2, 0.25) is 0 Å². The molecular formula is C21H29N3O2. The second kappa shape index (κ2) is 7.68. The van der Waals surface area contributed by atoms with E-state index < -0.39 is 0 Å². The van der Waals surface area contributed by atoms with Crippen LogP contribution in [0.4, 0.5) is 4.79 Å². The molecule has 3 amide bonds. The smallest absolute Gasteiger partial charge is 0.317 e. The first-order valence-corrected chi connectivity index (χ1v) is 10.1. The molecule has 3 fully saturated rings. The van der Waals surface area contributed by atoms with Crippen molar-refractivity contribution < 1.29 is 9.59 Å². The van der Waals surface area contributed by atoms with Crippen molar-refractivity contribution in [2.45, 2.75) is 57.5 Å². The molecule has 1 N–H and O–H groups in total. The maximum Gasteiger partial charge on any atom is 0.317 e. The van der Waals surface area contributed by atoms with Crippen LogP contribution in [0, 0.1) is 5.92 Å². The average molecular weight is 355 g/mol. The molecule has 5 heteroatoms. The number of likely N-dealkylation sites (tertiary alicyclic amines) is 2. The summed E-state index contributed by atoms with van der Waals surface area (Å²) in [5, 5.41) is 3.08. The minimum Gasteiger partial charge on any atom is -0.339 e. The Morgan fingerprint density at radius 1 is 0.923 bits per heavy atom. The summed E-state index contributed by atoms with van der Waals surface area (Å²) >= 11 is 0. The lowest BCUT2D eigenvalue weighted by Crippen LogP contribution is -2.50. The number of carbonyl (C=O) groups excluding carboxylic acids is 2. The molecule has 2 saturated heterocycles. The Morgan fingerprint density at radius 2 is 1.65 bits per heavy atom. The zero-order chi connectivity index (χ0) is 17.9. The fourth-order valence-electron chi connectivity index (χ4n) is 4.85. The van der Waals surface area contributed by atoms with Crippen LogP contribution < -0.4 is 5.32 Å². The molecule has 1 aliphatic carbocycles. The molecule has 1 aromatic carbocycles. The minimum atomic E-state index is 0.0684. The second-order valence-corrected chi connectivity index (χ2v) is 7.95. The van der Waals surface area contributed by atoms with Crippen molar-refractivity contribution in [1.82, 2.24) is 15.1 Å². The summed E-state index contributed by atoms with van der Waals surface area (Å²) in [7, 11) is 0. The van der Waals surface area contributed by atoms with E-state index in [4.69, 9.17) is 0 Å². The van der Waals surface area contributed by atoms with Gasteiger partial charge < -0.3 is 15.1 Å². The zero-order valence-corrected chi connectivity index (χ0v) is 15.5. The molecule has 2 heterocycles. The average Bonchev–Trinajstić information content (AvgIpc) is 3.37. The Bertz CT molecular complexity index is 652. The van der Waals surface area contributed by atoms with Crippen molar-refractivity contribution in [3.05, 3.63) is 35.4 Å². The molecule has 0 aromatic heterocycles. The monoisotopic (exact) mass is 355 g/mol. The van der Waals surface area contributed by atoms with Crippen molar-refractivity contribution in [2.24, 2.45) is 5.92 Å². The molecule has 4 rings (SSSR count). The molecule has 26 heavy (non-hydrogen) atoms. The van der Waals surface area contributed by atoms with E-state index in [-0.39, 0.29) is 11.9 Å². The summed E-state index contributed by atoms with van der Waals surface area (Å²) < 4.78 is 0. The largest absolute Gasteiger partial charge is 0.339 e. The summed E-state index contributed by atoms with van der Waals surface area (Å²) in [6.45, 7) is 3.14. The lowest BCUT2D eigenvalue weighted by atomic mass is 9.92. The lowest BCUT2D eigenvalue weighted by Gasteiger charge is -2.37. The predicted octanol–water partition coefficient (Wildman–Crippen LogP) is 3.40. The van der Waals surface area contributed by atoms with E-state index in [0.29, 0.717) is 18.5 Å². The van der Waals surface area contributed by atoms with E-state index in [1.54, 1.807) is 0 Å². The molecule has 140 valence electrons. The highest BCUT2D eigenvalue weighted by atomic mass is 16.2. The first-order chi connectivity index (χ1) is 12.7. The summed E-state index contributed by atoms with van der Waals surface area (Å²) in [4.78, 5) is 29.0. The van der Waals surface area contributed by atoms with Gasteiger partial charge in [-0.25, -0.2) is 4.79 Å². The number of hydrogen-bond donors (Lipinski definition) is 1. The summed E-state index contributed by atoms with van der Waals surface area (Å²) in [6, 6.07) is 8.20. The normalized spacial score (nSPS) is 25.2. The van der Waals surface area contributed by atoms with Crippen molar-refractivity contribution in [3.63, 3.8) is 0 Å². The molecule has 0 radical (unpaired) electrons. The van der Waals surface area contributed by atoms with Crippen LogP contribution >= 0.6 is 0 Å². The number of piperidine rings is 1. The van der Waals surface area contributed by atoms with Gasteiger partial charge >= 0.3 is 6.03 Å². The fraction of sp³-hybridized carbons (Fsp3) is 0.619. The van der Waals surface area contributed by atoms with Crippen molar-refractivity contribution in [1.29, 1.82) is 0 Å². The summed E-state index contributed by atoms with van der Waals surface area (Å²) in [5.41, 5.74) is 1.78. The van der Waals surface area contributed by atoms with Crippen LogP contribution in [0.25, 0.3) is 0 Å². The maximum atomic E-state index is 12.6. The van der Waals surface area contributed by atoms with Crippen LogP contribution in [0.3, 0.4) is 0 Å². The number of nitrogens with zero attached hydrogens (tertiary/aromatic N) is 2. The van der Waals surface area contributed by atoms with Gasteiger partial charge in [-0.2, -0.15) is 0 Å². The molecule has 2 aliphatic heterocycles. The number of carbonyl (C=O) groups is 2. The van der Waals surface area contributed by atoms with E-state index in [1.165, 1.54) is 19.3 Å². The van der Waals surface area contributed by atoms with Gasteiger partial charge in [-0.1, -0.05) is 18.6 Å². The minimum absolute atomic E-state index is 0.0684. The third-order valence-electron chi connectivity index (χ3n) is 6.29. The number of nitrogens with one attached hydrogen (secondary N) is 1. The van der Waals surface area contributed by atoms with Gasteiger partial charge in [-0.3, -0.25) is 4.79 Å². The molecule has 0 bridgehead atoms. The van der Waals surface area contributed by atoms with E-state index in [2.05, 4.69) is 10.2 Å². The molecule has 1 aromatic rings. The molecule has 0 spiro atoms. The maximum absolute atomic E-state index is 12.6. The van der Waals surface area contributed by atoms with E-state index in [0.717, 1.165) is 56.4 Å². The summed E-state index contributed by atoms with van der Waals surface area (Å²) in [5.74, 6) is 0.837. The first-order valence-electron chi connectivity index (χ1n) is 10.1. The van der Waals surface area contributed by atoms with Gasteiger partial charge in [-0.05, 0) is 62.1 Å². The standard InChI is InChI=1S/C21H29N3O2/c25-20(23-12-1-2-13-23)18-10-8-16(9-11-18)15-22-21(26)24-14-4-6-17-5-3-7-19(17)24/h8-11,17,19H,1-7,12-15H2,(H,22,26). The van der Waals surface area contributed by atoms with Gasteiger partial charge in [-0.15, -0.1) is 0 Å². The van der Waals surface area contributed by atoms with Crippen molar-refractivity contribution >= 4 is 11.9 Å². The topological polar surface area (TPSA) is 52.7 Å². The Hall–Kier alpha value is -2.04. The Kier molecular flexibility index (Phi) is 5.14. The van der Waals surface area contributed by atoms with Crippen LogP contribution in [0.2, 0.25) is 0 Å². The summed E-state index contributed by atoms with van der Waals surface area (Å²) in [6.07, 6.45) is 8.31. The van der Waals surface area contributed by atoms with Gasteiger partial charge in [0.1, 0.15) is 0 Å². The fourth-order valence-corrected chi connectivity index (χ4v) is 4.85. The Morgan fingerprint density at radius 3 is 2.42 bits per heavy atom. The number of fused-ring (bicyclic) bond motifs is 1. The first kappa shape index (κ1) is 17.4. The second-order valence-electron chi connectivity index (χ2n) is 7.95. The Balaban J connectivity index is 1.31. The SMILES string of the molecule is O=C(c1ccc(CNC(=O)N2CCCC3CCCC32)cc1)N1CCCC1. The molecule has 2 atom stereocenters. The van der Waals surface area contributed by atoms with E-state index in [1.807, 2.05) is 29.2 Å². The highest BCUT2D eigenvalue weighted by molar-refractivity contribution is 5.94. The number of benzene rings is 1. The number of urea groups is 1. The third-order valence-corrected chi connectivity index (χ3v) is 6.29. The van der Waals surface area contributed by atoms with E-state index >= 15 is 0 Å². The van der Waals surface area contributed by atoms with Gasteiger partial charge in [0.05, 0.1) is 0 Å². The van der Waals surface area contributed by atoms with Crippen LogP contribution in [0.5, 0.6) is 0 Å². The quantitative estimate of drug-likeness (QED) is 0.903.